The minimum absolute atomic E-state index is 0.462. The van der Waals surface area contributed by atoms with Crippen molar-refractivity contribution in [3.05, 3.63) is 33.3 Å². The van der Waals surface area contributed by atoms with E-state index in [1.165, 1.54) is 32.4 Å². The molecule has 2 nitrogen and oxygen atoms in total. The van der Waals surface area contributed by atoms with Crippen LogP contribution in [0.5, 0.6) is 0 Å². The zero-order valence-electron chi connectivity index (χ0n) is 11.6. The molecule has 1 aromatic carbocycles. The minimum Gasteiger partial charge on any atom is -0.388 e. The standard InChI is InChI=1S/C16H21BrClNO/c17-13-4-5-14(15(18)8-13)16(20)6-7-19-9-11-2-1-3-12(11)10-19/h4-5,8,11-12,16,20H,1-3,6-7,9-10H2. The maximum atomic E-state index is 10.3. The molecule has 110 valence electrons. The van der Waals surface area contributed by atoms with E-state index in [0.29, 0.717) is 5.02 Å². The number of fused-ring (bicyclic) bond motifs is 1. The van der Waals surface area contributed by atoms with Crippen molar-refractivity contribution in [1.82, 2.24) is 4.90 Å². The van der Waals surface area contributed by atoms with Crippen molar-refractivity contribution >= 4 is 27.5 Å². The number of benzene rings is 1. The van der Waals surface area contributed by atoms with E-state index in [4.69, 9.17) is 11.6 Å². The predicted octanol–water partition coefficient (Wildman–Crippen LogP) is 4.26. The van der Waals surface area contributed by atoms with Gasteiger partial charge in [-0.05, 0) is 48.8 Å². The van der Waals surface area contributed by atoms with Gasteiger partial charge >= 0.3 is 0 Å². The average Bonchev–Trinajstić information content (AvgIpc) is 2.96. The van der Waals surface area contributed by atoms with Crippen LogP contribution in [-0.2, 0) is 0 Å². The van der Waals surface area contributed by atoms with Crippen LogP contribution < -0.4 is 0 Å². The molecule has 3 atom stereocenters. The van der Waals surface area contributed by atoms with Gasteiger partial charge in [-0.1, -0.05) is 40.0 Å². The second-order valence-corrected chi connectivity index (χ2v) is 7.50. The lowest BCUT2D eigenvalue weighted by atomic mass is 10.0. The van der Waals surface area contributed by atoms with Crippen molar-refractivity contribution in [3.63, 3.8) is 0 Å². The van der Waals surface area contributed by atoms with Gasteiger partial charge in [-0.2, -0.15) is 0 Å². The van der Waals surface area contributed by atoms with Crippen molar-refractivity contribution in [2.45, 2.75) is 31.8 Å². The topological polar surface area (TPSA) is 23.5 Å². The highest BCUT2D eigenvalue weighted by atomic mass is 79.9. The Morgan fingerprint density at radius 2 is 2.00 bits per heavy atom. The van der Waals surface area contributed by atoms with Crippen molar-refractivity contribution in [3.8, 4) is 0 Å². The zero-order valence-corrected chi connectivity index (χ0v) is 13.9. The number of likely N-dealkylation sites (tertiary alicyclic amines) is 1. The van der Waals surface area contributed by atoms with Gasteiger partial charge in [0.15, 0.2) is 0 Å². The van der Waals surface area contributed by atoms with Crippen LogP contribution in [0.15, 0.2) is 22.7 Å². The molecule has 3 rings (SSSR count). The fourth-order valence-corrected chi connectivity index (χ4v) is 4.55. The summed E-state index contributed by atoms with van der Waals surface area (Å²) in [4.78, 5) is 2.52. The Balaban J connectivity index is 1.53. The molecule has 2 fully saturated rings. The fraction of sp³-hybridized carbons (Fsp3) is 0.625. The van der Waals surface area contributed by atoms with Crippen molar-refractivity contribution in [2.75, 3.05) is 19.6 Å². The van der Waals surface area contributed by atoms with Crippen molar-refractivity contribution in [2.24, 2.45) is 11.8 Å². The summed E-state index contributed by atoms with van der Waals surface area (Å²) in [5.41, 5.74) is 0.842. The number of halogens is 2. The van der Waals surface area contributed by atoms with Gasteiger partial charge in [-0.15, -0.1) is 0 Å². The summed E-state index contributed by atoms with van der Waals surface area (Å²) in [6.07, 6.45) is 4.53. The second kappa shape index (κ2) is 6.35. The van der Waals surface area contributed by atoms with Gasteiger partial charge in [0, 0.05) is 29.1 Å². The summed E-state index contributed by atoms with van der Waals surface area (Å²) in [6, 6.07) is 5.70. The molecule has 3 unspecified atom stereocenters. The summed E-state index contributed by atoms with van der Waals surface area (Å²) in [5.74, 6) is 1.84. The van der Waals surface area contributed by atoms with E-state index in [0.717, 1.165) is 34.8 Å². The van der Waals surface area contributed by atoms with E-state index >= 15 is 0 Å². The van der Waals surface area contributed by atoms with Crippen LogP contribution in [0.2, 0.25) is 5.02 Å². The SMILES string of the molecule is OC(CCN1CC2CCCC2C1)c1ccc(Br)cc1Cl. The number of hydrogen-bond donors (Lipinski definition) is 1. The molecule has 1 saturated heterocycles. The van der Waals surface area contributed by atoms with E-state index in [1.807, 2.05) is 18.2 Å². The molecule has 0 spiro atoms. The Kier molecular flexibility index (Phi) is 4.71. The molecule has 1 aromatic rings. The third-order valence-corrected chi connectivity index (χ3v) is 5.66. The molecular weight excluding hydrogens is 338 g/mol. The number of aliphatic hydroxyl groups excluding tert-OH is 1. The molecule has 2 aliphatic rings. The van der Waals surface area contributed by atoms with Crippen LogP contribution in [0.25, 0.3) is 0 Å². The smallest absolute Gasteiger partial charge is 0.0816 e. The lowest BCUT2D eigenvalue weighted by molar-refractivity contribution is 0.146. The number of aliphatic hydroxyl groups is 1. The summed E-state index contributed by atoms with van der Waals surface area (Å²) < 4.78 is 0.950. The highest BCUT2D eigenvalue weighted by Gasteiger charge is 2.35. The first kappa shape index (κ1) is 14.8. The first-order chi connectivity index (χ1) is 9.63. The van der Waals surface area contributed by atoms with E-state index in [-0.39, 0.29) is 0 Å². The molecule has 1 heterocycles. The Labute approximate surface area is 134 Å². The van der Waals surface area contributed by atoms with E-state index < -0.39 is 6.10 Å². The average molecular weight is 359 g/mol. The monoisotopic (exact) mass is 357 g/mol. The lowest BCUT2D eigenvalue weighted by Crippen LogP contribution is -2.24. The Morgan fingerprint density at radius 1 is 1.30 bits per heavy atom. The Bertz CT molecular complexity index is 470. The van der Waals surface area contributed by atoms with Crippen LogP contribution in [0.4, 0.5) is 0 Å². The van der Waals surface area contributed by atoms with Gasteiger partial charge in [-0.3, -0.25) is 0 Å². The van der Waals surface area contributed by atoms with Crippen LogP contribution >= 0.6 is 27.5 Å². The van der Waals surface area contributed by atoms with Gasteiger partial charge in [0.05, 0.1) is 6.10 Å². The van der Waals surface area contributed by atoms with Gasteiger partial charge in [0.2, 0.25) is 0 Å². The van der Waals surface area contributed by atoms with Crippen molar-refractivity contribution in [1.29, 1.82) is 0 Å². The minimum atomic E-state index is -0.462. The molecule has 0 amide bonds. The molecule has 0 radical (unpaired) electrons. The fourth-order valence-electron chi connectivity index (χ4n) is 3.75. The largest absolute Gasteiger partial charge is 0.388 e. The first-order valence-corrected chi connectivity index (χ1v) is 8.66. The molecule has 1 aliphatic heterocycles. The quantitative estimate of drug-likeness (QED) is 0.869. The van der Waals surface area contributed by atoms with Gasteiger partial charge in [0.1, 0.15) is 0 Å². The summed E-state index contributed by atoms with van der Waals surface area (Å²) in [6.45, 7) is 3.43. The Morgan fingerprint density at radius 3 is 2.65 bits per heavy atom. The predicted molar refractivity (Wildman–Crippen MR) is 86.0 cm³/mol. The molecule has 1 aliphatic carbocycles. The van der Waals surface area contributed by atoms with E-state index in [2.05, 4.69) is 20.8 Å². The normalized spacial score (nSPS) is 27.8. The summed E-state index contributed by atoms with van der Waals surface area (Å²) in [7, 11) is 0. The Hall–Kier alpha value is -0.0900. The number of rotatable bonds is 4. The van der Waals surface area contributed by atoms with E-state index in [1.54, 1.807) is 0 Å². The molecule has 0 aromatic heterocycles. The molecule has 0 bridgehead atoms. The van der Waals surface area contributed by atoms with Crippen LogP contribution in [0.3, 0.4) is 0 Å². The third kappa shape index (κ3) is 3.22. The second-order valence-electron chi connectivity index (χ2n) is 6.18. The maximum absolute atomic E-state index is 10.3. The van der Waals surface area contributed by atoms with E-state index in [9.17, 15) is 5.11 Å². The van der Waals surface area contributed by atoms with Crippen LogP contribution in [0.1, 0.15) is 37.4 Å². The van der Waals surface area contributed by atoms with Gasteiger partial charge < -0.3 is 10.0 Å². The van der Waals surface area contributed by atoms with Crippen LogP contribution in [-0.4, -0.2) is 29.6 Å². The zero-order chi connectivity index (χ0) is 14.1. The third-order valence-electron chi connectivity index (χ3n) is 4.84. The molecule has 1 N–H and O–H groups in total. The highest BCUT2D eigenvalue weighted by molar-refractivity contribution is 9.10. The first-order valence-electron chi connectivity index (χ1n) is 7.49. The molecule has 20 heavy (non-hydrogen) atoms. The molecule has 4 heteroatoms. The molecule has 1 saturated carbocycles. The van der Waals surface area contributed by atoms with Gasteiger partial charge in [0.25, 0.3) is 0 Å². The van der Waals surface area contributed by atoms with Crippen molar-refractivity contribution < 1.29 is 5.11 Å². The summed E-state index contributed by atoms with van der Waals surface area (Å²) in [5, 5.41) is 11.0. The van der Waals surface area contributed by atoms with Gasteiger partial charge in [-0.25, -0.2) is 0 Å². The van der Waals surface area contributed by atoms with Crippen LogP contribution in [0, 0.1) is 11.8 Å². The molecular formula is C16H21BrClNO. The maximum Gasteiger partial charge on any atom is 0.0816 e. The number of hydrogen-bond acceptors (Lipinski definition) is 2. The summed E-state index contributed by atoms with van der Waals surface area (Å²) >= 11 is 9.59. The number of nitrogens with zero attached hydrogens (tertiary/aromatic N) is 1. The lowest BCUT2D eigenvalue weighted by Gasteiger charge is -2.19. The highest BCUT2D eigenvalue weighted by Crippen LogP contribution is 2.38.